The summed E-state index contributed by atoms with van der Waals surface area (Å²) in [6, 6.07) is 0.467. The Kier molecular flexibility index (Phi) is 4.50. The number of hydrogen-bond donors (Lipinski definition) is 1. The van der Waals surface area contributed by atoms with Crippen LogP contribution in [0.1, 0.15) is 23.7 Å². The van der Waals surface area contributed by atoms with Crippen molar-refractivity contribution >= 4 is 11.3 Å². The molecule has 0 bridgehead atoms. The highest BCUT2D eigenvalue weighted by Crippen LogP contribution is 2.26. The molecule has 0 amide bonds. The van der Waals surface area contributed by atoms with E-state index in [1.165, 1.54) is 10.7 Å². The number of hydrogen-bond acceptors (Lipinski definition) is 5. The number of likely N-dealkylation sites (N-methyl/N-ethyl adjacent to an activating group) is 2. The van der Waals surface area contributed by atoms with E-state index >= 15 is 0 Å². The van der Waals surface area contributed by atoms with Gasteiger partial charge in [0.2, 0.25) is 0 Å². The molecular weight excluding hydrogens is 232 g/mol. The van der Waals surface area contributed by atoms with Crippen LogP contribution in [0.2, 0.25) is 0 Å². The largest absolute Gasteiger partial charge is 0.311 e. The fourth-order valence-corrected chi connectivity index (χ4v) is 3.06. The first kappa shape index (κ1) is 13.0. The first-order valence-electron chi connectivity index (χ1n) is 6.24. The van der Waals surface area contributed by atoms with Gasteiger partial charge in [-0.05, 0) is 20.6 Å². The molecule has 1 saturated heterocycles. The maximum atomic E-state index is 4.74. The van der Waals surface area contributed by atoms with Gasteiger partial charge in [-0.1, -0.05) is 6.92 Å². The van der Waals surface area contributed by atoms with Crippen molar-refractivity contribution < 1.29 is 0 Å². The van der Waals surface area contributed by atoms with E-state index in [4.69, 9.17) is 4.98 Å². The normalized spacial score (nSPS) is 23.1. The highest BCUT2D eigenvalue weighted by Gasteiger charge is 2.25. The Labute approximate surface area is 108 Å². The average molecular weight is 254 g/mol. The minimum absolute atomic E-state index is 0.467. The van der Waals surface area contributed by atoms with Gasteiger partial charge in [-0.2, -0.15) is 0 Å². The summed E-state index contributed by atoms with van der Waals surface area (Å²) in [5.74, 6) is 0. The molecule has 1 unspecified atom stereocenters. The van der Waals surface area contributed by atoms with E-state index in [1.807, 2.05) is 0 Å². The molecule has 1 aliphatic rings. The summed E-state index contributed by atoms with van der Waals surface area (Å²) in [5.41, 5.74) is 1.17. The molecule has 1 N–H and O–H groups in total. The van der Waals surface area contributed by atoms with Crippen LogP contribution in [0.25, 0.3) is 0 Å². The van der Waals surface area contributed by atoms with Crippen molar-refractivity contribution in [2.24, 2.45) is 0 Å². The van der Waals surface area contributed by atoms with Gasteiger partial charge in [-0.15, -0.1) is 11.3 Å². The summed E-state index contributed by atoms with van der Waals surface area (Å²) in [7, 11) is 4.39. The molecule has 0 spiro atoms. The second-order valence-corrected chi connectivity index (χ2v) is 5.61. The number of aromatic nitrogens is 1. The standard InChI is InChI=1S/C12H22N4S/c1-4-13-7-10-9-17-12(14-10)11-8-15(2)5-6-16(11)3/h9,11,13H,4-8H2,1-3H3. The van der Waals surface area contributed by atoms with E-state index < -0.39 is 0 Å². The summed E-state index contributed by atoms with van der Waals surface area (Å²) < 4.78 is 0. The smallest absolute Gasteiger partial charge is 0.111 e. The molecule has 96 valence electrons. The maximum absolute atomic E-state index is 4.74. The van der Waals surface area contributed by atoms with Crippen molar-refractivity contribution in [3.05, 3.63) is 16.1 Å². The van der Waals surface area contributed by atoms with Gasteiger partial charge in [0, 0.05) is 31.6 Å². The number of piperazine rings is 1. The molecule has 4 nitrogen and oxygen atoms in total. The van der Waals surface area contributed by atoms with Crippen molar-refractivity contribution in [2.45, 2.75) is 19.5 Å². The first-order chi connectivity index (χ1) is 8.20. The van der Waals surface area contributed by atoms with Crippen LogP contribution in [0.5, 0.6) is 0 Å². The summed E-state index contributed by atoms with van der Waals surface area (Å²) in [5, 5.41) is 6.76. The summed E-state index contributed by atoms with van der Waals surface area (Å²) >= 11 is 1.79. The third kappa shape index (κ3) is 3.25. The predicted octanol–water partition coefficient (Wildman–Crippen LogP) is 1.17. The third-order valence-corrected chi connectivity index (χ3v) is 4.26. The van der Waals surface area contributed by atoms with Crippen LogP contribution in [0.4, 0.5) is 0 Å². The molecule has 0 saturated carbocycles. The SMILES string of the molecule is CCNCc1csc(C2CN(C)CCN2C)n1. The first-order valence-corrected chi connectivity index (χ1v) is 7.12. The number of thiazole rings is 1. The lowest BCUT2D eigenvalue weighted by Crippen LogP contribution is -2.44. The lowest BCUT2D eigenvalue weighted by molar-refractivity contribution is 0.115. The average Bonchev–Trinajstić information content (AvgIpc) is 2.78. The Bertz CT molecular complexity index is 352. The van der Waals surface area contributed by atoms with Gasteiger partial charge in [0.15, 0.2) is 0 Å². The van der Waals surface area contributed by atoms with E-state index in [0.29, 0.717) is 6.04 Å². The van der Waals surface area contributed by atoms with Crippen LogP contribution in [0.3, 0.4) is 0 Å². The fraction of sp³-hybridized carbons (Fsp3) is 0.750. The second kappa shape index (κ2) is 5.91. The molecular formula is C12H22N4S. The number of rotatable bonds is 4. The Morgan fingerprint density at radius 1 is 1.47 bits per heavy atom. The van der Waals surface area contributed by atoms with Crippen LogP contribution < -0.4 is 5.32 Å². The van der Waals surface area contributed by atoms with Crippen LogP contribution in [-0.2, 0) is 6.54 Å². The fourth-order valence-electron chi connectivity index (χ4n) is 2.09. The van der Waals surface area contributed by atoms with E-state index in [9.17, 15) is 0 Å². The second-order valence-electron chi connectivity index (χ2n) is 4.72. The topological polar surface area (TPSA) is 31.4 Å². The zero-order valence-corrected chi connectivity index (χ0v) is 11.8. The molecule has 2 rings (SSSR count). The van der Waals surface area contributed by atoms with Gasteiger partial charge in [-0.25, -0.2) is 4.98 Å². The Hall–Kier alpha value is -0.490. The third-order valence-electron chi connectivity index (χ3n) is 3.26. The van der Waals surface area contributed by atoms with Gasteiger partial charge in [0.25, 0.3) is 0 Å². The van der Waals surface area contributed by atoms with Gasteiger partial charge in [0.1, 0.15) is 5.01 Å². The minimum atomic E-state index is 0.467. The Balaban J connectivity index is 2.02. The molecule has 0 radical (unpaired) electrons. The van der Waals surface area contributed by atoms with Crippen LogP contribution in [0, 0.1) is 0 Å². The molecule has 1 aliphatic heterocycles. The van der Waals surface area contributed by atoms with Crippen LogP contribution >= 0.6 is 11.3 Å². The lowest BCUT2D eigenvalue weighted by Gasteiger charge is -2.36. The molecule has 0 aromatic carbocycles. The highest BCUT2D eigenvalue weighted by atomic mass is 32.1. The maximum Gasteiger partial charge on any atom is 0.111 e. The quantitative estimate of drug-likeness (QED) is 0.874. The molecule has 0 aliphatic carbocycles. The molecule has 2 heterocycles. The van der Waals surface area contributed by atoms with E-state index in [0.717, 1.165) is 32.7 Å². The summed E-state index contributed by atoms with van der Waals surface area (Å²) in [6.45, 7) is 7.38. The van der Waals surface area contributed by atoms with Crippen molar-refractivity contribution in [1.29, 1.82) is 0 Å². The lowest BCUT2D eigenvalue weighted by atomic mass is 10.2. The van der Waals surface area contributed by atoms with Crippen molar-refractivity contribution in [3.8, 4) is 0 Å². The predicted molar refractivity (Wildman–Crippen MR) is 72.4 cm³/mol. The minimum Gasteiger partial charge on any atom is -0.311 e. The molecule has 1 atom stereocenters. The Morgan fingerprint density at radius 3 is 3.06 bits per heavy atom. The zero-order valence-electron chi connectivity index (χ0n) is 10.9. The monoisotopic (exact) mass is 254 g/mol. The molecule has 17 heavy (non-hydrogen) atoms. The van der Waals surface area contributed by atoms with E-state index in [2.05, 4.69) is 41.5 Å². The van der Waals surface area contributed by atoms with Crippen molar-refractivity contribution in [2.75, 3.05) is 40.3 Å². The van der Waals surface area contributed by atoms with Crippen LogP contribution in [0.15, 0.2) is 5.38 Å². The summed E-state index contributed by atoms with van der Waals surface area (Å²) in [6.07, 6.45) is 0. The van der Waals surface area contributed by atoms with Crippen LogP contribution in [-0.4, -0.2) is 55.1 Å². The summed E-state index contributed by atoms with van der Waals surface area (Å²) in [4.78, 5) is 9.54. The van der Waals surface area contributed by atoms with Gasteiger partial charge in [-0.3, -0.25) is 4.90 Å². The van der Waals surface area contributed by atoms with Crippen molar-refractivity contribution in [1.82, 2.24) is 20.1 Å². The van der Waals surface area contributed by atoms with Gasteiger partial charge < -0.3 is 10.2 Å². The molecule has 5 heteroatoms. The number of nitrogens with zero attached hydrogens (tertiary/aromatic N) is 3. The molecule has 1 fully saturated rings. The zero-order chi connectivity index (χ0) is 12.3. The van der Waals surface area contributed by atoms with E-state index in [1.54, 1.807) is 11.3 Å². The molecule has 1 aromatic rings. The van der Waals surface area contributed by atoms with Gasteiger partial charge in [0.05, 0.1) is 11.7 Å². The van der Waals surface area contributed by atoms with E-state index in [-0.39, 0.29) is 0 Å². The Morgan fingerprint density at radius 2 is 2.29 bits per heavy atom. The molecule has 1 aromatic heterocycles. The van der Waals surface area contributed by atoms with Gasteiger partial charge >= 0.3 is 0 Å². The highest BCUT2D eigenvalue weighted by molar-refractivity contribution is 7.09. The number of nitrogens with one attached hydrogen (secondary N) is 1. The van der Waals surface area contributed by atoms with Crippen molar-refractivity contribution in [3.63, 3.8) is 0 Å².